The molecule has 0 saturated heterocycles. The van der Waals surface area contributed by atoms with Crippen LogP contribution in [0.4, 0.5) is 0 Å². The van der Waals surface area contributed by atoms with Crippen molar-refractivity contribution < 1.29 is 14.3 Å². The molecule has 0 heterocycles. The van der Waals surface area contributed by atoms with Gasteiger partial charge in [-0.05, 0) is 50.2 Å². The summed E-state index contributed by atoms with van der Waals surface area (Å²) < 4.78 is 12.3. The zero-order valence-corrected chi connectivity index (χ0v) is 14.8. The Morgan fingerprint density at radius 3 is 2.35 bits per heavy atom. The van der Waals surface area contributed by atoms with Crippen molar-refractivity contribution in [3.8, 4) is 11.5 Å². The van der Waals surface area contributed by atoms with E-state index in [-0.39, 0.29) is 5.91 Å². The van der Waals surface area contributed by atoms with E-state index in [0.29, 0.717) is 18.9 Å². The van der Waals surface area contributed by atoms with Gasteiger partial charge in [-0.3, -0.25) is 4.79 Å². The molecule has 0 unspecified atom stereocenters. The fraction of sp³-hybridized carbons (Fsp3) is 0.278. The first-order chi connectivity index (χ1) is 11.0. The van der Waals surface area contributed by atoms with Crippen LogP contribution < -0.4 is 14.8 Å². The molecule has 1 amide bonds. The first-order valence-corrected chi connectivity index (χ1v) is 8.17. The van der Waals surface area contributed by atoms with Crippen molar-refractivity contribution in [3.63, 3.8) is 0 Å². The topological polar surface area (TPSA) is 47.6 Å². The maximum absolute atomic E-state index is 12.2. The second-order valence-corrected chi connectivity index (χ2v) is 6.40. The minimum Gasteiger partial charge on any atom is -0.492 e. The van der Waals surface area contributed by atoms with Gasteiger partial charge in [0, 0.05) is 4.47 Å². The molecule has 4 nitrogen and oxygen atoms in total. The predicted molar refractivity (Wildman–Crippen MR) is 93.8 cm³/mol. The van der Waals surface area contributed by atoms with Crippen molar-refractivity contribution in [2.75, 3.05) is 13.2 Å². The van der Waals surface area contributed by atoms with E-state index in [1.165, 1.54) is 0 Å². The zero-order valence-electron chi connectivity index (χ0n) is 13.2. The van der Waals surface area contributed by atoms with Crippen LogP contribution in [0.5, 0.6) is 11.5 Å². The highest BCUT2D eigenvalue weighted by Crippen LogP contribution is 2.21. The van der Waals surface area contributed by atoms with E-state index >= 15 is 0 Å². The molecule has 5 heteroatoms. The SMILES string of the molecule is CC(C)(Oc1ccc(Br)cc1)C(=O)NCCOc1ccccc1. The van der Waals surface area contributed by atoms with Crippen LogP contribution in [0.2, 0.25) is 0 Å². The van der Waals surface area contributed by atoms with Crippen LogP contribution >= 0.6 is 15.9 Å². The number of hydrogen-bond acceptors (Lipinski definition) is 3. The third-order valence-corrected chi connectivity index (χ3v) is 3.66. The molecule has 2 rings (SSSR count). The number of benzene rings is 2. The molecule has 0 aliphatic rings. The molecule has 0 fully saturated rings. The van der Waals surface area contributed by atoms with Gasteiger partial charge in [0.25, 0.3) is 5.91 Å². The van der Waals surface area contributed by atoms with E-state index in [1.807, 2.05) is 54.6 Å². The number of nitrogens with one attached hydrogen (secondary N) is 1. The number of carbonyl (C=O) groups is 1. The van der Waals surface area contributed by atoms with E-state index in [0.717, 1.165) is 10.2 Å². The van der Waals surface area contributed by atoms with Crippen LogP contribution in [-0.4, -0.2) is 24.7 Å². The molecule has 0 aliphatic heterocycles. The molecule has 23 heavy (non-hydrogen) atoms. The van der Waals surface area contributed by atoms with Gasteiger partial charge in [0.1, 0.15) is 18.1 Å². The zero-order chi connectivity index (χ0) is 16.7. The fourth-order valence-corrected chi connectivity index (χ4v) is 2.17. The largest absolute Gasteiger partial charge is 0.492 e. The molecule has 0 aliphatic carbocycles. The van der Waals surface area contributed by atoms with Crippen LogP contribution in [0.1, 0.15) is 13.8 Å². The molecule has 0 radical (unpaired) electrons. The second-order valence-electron chi connectivity index (χ2n) is 5.48. The quantitative estimate of drug-likeness (QED) is 0.746. The molecule has 1 N–H and O–H groups in total. The minimum absolute atomic E-state index is 0.183. The molecule has 2 aromatic carbocycles. The van der Waals surface area contributed by atoms with E-state index in [4.69, 9.17) is 9.47 Å². The van der Waals surface area contributed by atoms with Gasteiger partial charge in [-0.15, -0.1) is 0 Å². The number of hydrogen-bond donors (Lipinski definition) is 1. The Morgan fingerprint density at radius 2 is 1.70 bits per heavy atom. The lowest BCUT2D eigenvalue weighted by atomic mass is 10.1. The van der Waals surface area contributed by atoms with Crippen molar-refractivity contribution in [2.45, 2.75) is 19.4 Å². The first kappa shape index (κ1) is 17.3. The summed E-state index contributed by atoms with van der Waals surface area (Å²) in [4.78, 5) is 12.2. The van der Waals surface area contributed by atoms with Gasteiger partial charge >= 0.3 is 0 Å². The smallest absolute Gasteiger partial charge is 0.263 e. The number of rotatable bonds is 7. The molecule has 0 aromatic heterocycles. The summed E-state index contributed by atoms with van der Waals surface area (Å²) in [6.07, 6.45) is 0. The maximum Gasteiger partial charge on any atom is 0.263 e. The van der Waals surface area contributed by atoms with E-state index in [9.17, 15) is 4.79 Å². The lowest BCUT2D eigenvalue weighted by Crippen LogP contribution is -2.47. The van der Waals surface area contributed by atoms with Crippen LogP contribution in [0.15, 0.2) is 59.1 Å². The van der Waals surface area contributed by atoms with E-state index in [2.05, 4.69) is 21.2 Å². The molecule has 0 atom stereocenters. The van der Waals surface area contributed by atoms with Gasteiger partial charge in [0.15, 0.2) is 5.60 Å². The van der Waals surface area contributed by atoms with Gasteiger partial charge in [-0.2, -0.15) is 0 Å². The van der Waals surface area contributed by atoms with Gasteiger partial charge in [-0.25, -0.2) is 0 Å². The third kappa shape index (κ3) is 5.60. The van der Waals surface area contributed by atoms with Crippen molar-refractivity contribution in [1.82, 2.24) is 5.32 Å². The summed E-state index contributed by atoms with van der Waals surface area (Å²) in [5, 5.41) is 2.83. The van der Waals surface area contributed by atoms with Gasteiger partial charge in [-0.1, -0.05) is 34.1 Å². The summed E-state index contributed by atoms with van der Waals surface area (Å²) in [6, 6.07) is 16.9. The molecular weight excluding hydrogens is 358 g/mol. The van der Waals surface area contributed by atoms with Crippen LogP contribution in [0.25, 0.3) is 0 Å². The van der Waals surface area contributed by atoms with Gasteiger partial charge in [0.05, 0.1) is 6.54 Å². The standard InChI is InChI=1S/C18H20BrNO3/c1-18(2,23-16-10-8-14(19)9-11-16)17(21)20-12-13-22-15-6-4-3-5-7-15/h3-11H,12-13H2,1-2H3,(H,20,21). The highest BCUT2D eigenvalue weighted by atomic mass is 79.9. The van der Waals surface area contributed by atoms with Crippen molar-refractivity contribution in [1.29, 1.82) is 0 Å². The average Bonchev–Trinajstić information content (AvgIpc) is 2.54. The second kappa shape index (κ2) is 8.02. The Kier molecular flexibility index (Phi) is 6.04. The van der Waals surface area contributed by atoms with Crippen molar-refractivity contribution in [2.24, 2.45) is 0 Å². The highest BCUT2D eigenvalue weighted by Gasteiger charge is 2.29. The van der Waals surface area contributed by atoms with Crippen LogP contribution in [-0.2, 0) is 4.79 Å². The number of halogens is 1. The molecule has 2 aromatic rings. The summed E-state index contributed by atoms with van der Waals surface area (Å²) in [5.41, 5.74) is -0.958. The monoisotopic (exact) mass is 377 g/mol. The molecule has 0 spiro atoms. The Hall–Kier alpha value is -2.01. The summed E-state index contributed by atoms with van der Waals surface area (Å²) in [6.45, 7) is 4.30. The Balaban J connectivity index is 1.78. The molecule has 122 valence electrons. The summed E-state index contributed by atoms with van der Waals surface area (Å²) >= 11 is 3.37. The Morgan fingerprint density at radius 1 is 1.04 bits per heavy atom. The fourth-order valence-electron chi connectivity index (χ4n) is 1.91. The first-order valence-electron chi connectivity index (χ1n) is 7.38. The molecular formula is C18H20BrNO3. The molecule has 0 bridgehead atoms. The highest BCUT2D eigenvalue weighted by molar-refractivity contribution is 9.10. The summed E-state index contributed by atoms with van der Waals surface area (Å²) in [5.74, 6) is 1.25. The Labute approximate surface area is 144 Å². The molecule has 0 saturated carbocycles. The number of carbonyl (C=O) groups excluding carboxylic acids is 1. The summed E-state index contributed by atoms with van der Waals surface area (Å²) in [7, 11) is 0. The Bertz CT molecular complexity index is 626. The van der Waals surface area contributed by atoms with Crippen LogP contribution in [0.3, 0.4) is 0 Å². The van der Waals surface area contributed by atoms with Crippen molar-refractivity contribution >= 4 is 21.8 Å². The maximum atomic E-state index is 12.2. The van der Waals surface area contributed by atoms with Gasteiger partial charge < -0.3 is 14.8 Å². The average molecular weight is 378 g/mol. The third-order valence-electron chi connectivity index (χ3n) is 3.13. The van der Waals surface area contributed by atoms with Crippen molar-refractivity contribution in [3.05, 3.63) is 59.1 Å². The lowest BCUT2D eigenvalue weighted by Gasteiger charge is -2.25. The van der Waals surface area contributed by atoms with E-state index in [1.54, 1.807) is 13.8 Å². The normalized spacial score (nSPS) is 10.9. The number of para-hydroxylation sites is 1. The number of ether oxygens (including phenoxy) is 2. The minimum atomic E-state index is -0.958. The predicted octanol–water partition coefficient (Wildman–Crippen LogP) is 3.80. The van der Waals surface area contributed by atoms with E-state index < -0.39 is 5.60 Å². The lowest BCUT2D eigenvalue weighted by molar-refractivity contribution is -0.134. The number of amides is 1. The van der Waals surface area contributed by atoms with Crippen LogP contribution in [0, 0.1) is 0 Å². The van der Waals surface area contributed by atoms with Gasteiger partial charge in [0.2, 0.25) is 0 Å².